The highest BCUT2D eigenvalue weighted by atomic mass is 16.5. The van der Waals surface area contributed by atoms with Gasteiger partial charge < -0.3 is 14.4 Å². The average molecular weight is 363 g/mol. The summed E-state index contributed by atoms with van der Waals surface area (Å²) in [5.41, 5.74) is 5.06. The molecular weight excluding hydrogens is 342 g/mol. The Labute approximate surface area is 157 Å². The molecule has 0 fully saturated rings. The van der Waals surface area contributed by atoms with E-state index in [-0.39, 0.29) is 12.3 Å². The van der Waals surface area contributed by atoms with E-state index in [1.807, 2.05) is 55.5 Å². The molecule has 1 N–H and O–H groups in total. The number of hydrogen-bond donors (Lipinski definition) is 1. The molecule has 0 spiro atoms. The first kappa shape index (κ1) is 17.3. The van der Waals surface area contributed by atoms with E-state index in [2.05, 4.69) is 5.16 Å². The number of aryl methyl sites for hydroxylation is 2. The number of aromatic nitrogens is 1. The van der Waals surface area contributed by atoms with Crippen LogP contribution >= 0.6 is 0 Å². The van der Waals surface area contributed by atoms with Crippen LogP contribution in [0.2, 0.25) is 0 Å². The first-order valence-electron chi connectivity index (χ1n) is 9.10. The van der Waals surface area contributed by atoms with Crippen LogP contribution in [-0.2, 0) is 17.8 Å². The predicted octanol–water partition coefficient (Wildman–Crippen LogP) is 4.73. The second kappa shape index (κ2) is 7.27. The van der Waals surface area contributed by atoms with Gasteiger partial charge in [-0.15, -0.1) is 0 Å². The molecule has 3 aromatic rings. The lowest BCUT2D eigenvalue weighted by molar-refractivity contribution is -0.137. The molecule has 5 nitrogen and oxygen atoms in total. The molecule has 1 unspecified atom stereocenters. The van der Waals surface area contributed by atoms with Crippen molar-refractivity contribution in [3.63, 3.8) is 0 Å². The van der Waals surface area contributed by atoms with Crippen molar-refractivity contribution in [1.82, 2.24) is 5.16 Å². The molecule has 0 bridgehead atoms. The number of rotatable bonds is 6. The lowest BCUT2D eigenvalue weighted by atomic mass is 9.98. The topological polar surface area (TPSA) is 72.6 Å². The van der Waals surface area contributed by atoms with E-state index in [1.54, 1.807) is 0 Å². The van der Waals surface area contributed by atoms with E-state index in [9.17, 15) is 4.79 Å². The van der Waals surface area contributed by atoms with Crippen LogP contribution in [0.25, 0.3) is 11.3 Å². The van der Waals surface area contributed by atoms with Crippen LogP contribution in [-0.4, -0.2) is 16.2 Å². The van der Waals surface area contributed by atoms with Crippen molar-refractivity contribution in [3.05, 3.63) is 71.0 Å². The maximum absolute atomic E-state index is 11.0. The maximum atomic E-state index is 11.0. The molecule has 2 aromatic carbocycles. The Balaban J connectivity index is 1.51. The second-order valence-electron chi connectivity index (χ2n) is 6.91. The molecule has 0 amide bonds. The number of benzene rings is 2. The van der Waals surface area contributed by atoms with E-state index in [1.165, 1.54) is 5.56 Å². The van der Waals surface area contributed by atoms with Crippen LogP contribution in [0.1, 0.15) is 41.2 Å². The molecule has 27 heavy (non-hydrogen) atoms. The zero-order valence-corrected chi connectivity index (χ0v) is 15.1. The van der Waals surface area contributed by atoms with E-state index in [0.717, 1.165) is 46.7 Å². The van der Waals surface area contributed by atoms with Crippen LogP contribution in [0.15, 0.2) is 53.1 Å². The van der Waals surface area contributed by atoms with Gasteiger partial charge in [-0.3, -0.25) is 4.79 Å². The summed E-state index contributed by atoms with van der Waals surface area (Å²) in [6, 6.07) is 15.9. The van der Waals surface area contributed by atoms with Gasteiger partial charge in [-0.2, -0.15) is 0 Å². The molecule has 0 saturated carbocycles. The Morgan fingerprint density at radius 3 is 2.85 bits per heavy atom. The van der Waals surface area contributed by atoms with Crippen molar-refractivity contribution in [2.45, 2.75) is 38.7 Å². The van der Waals surface area contributed by atoms with Crippen molar-refractivity contribution in [2.24, 2.45) is 0 Å². The van der Waals surface area contributed by atoms with Crippen LogP contribution < -0.4 is 4.74 Å². The minimum atomic E-state index is -0.746. The Morgan fingerprint density at radius 2 is 2.07 bits per heavy atom. The number of carboxylic acids is 1. The summed E-state index contributed by atoms with van der Waals surface area (Å²) in [4.78, 5) is 11.0. The number of hydrogen-bond acceptors (Lipinski definition) is 4. The molecule has 1 aliphatic carbocycles. The number of aliphatic carboxylic acids is 1. The van der Waals surface area contributed by atoms with Crippen molar-refractivity contribution < 1.29 is 19.2 Å². The van der Waals surface area contributed by atoms with Gasteiger partial charge in [0.15, 0.2) is 0 Å². The average Bonchev–Trinajstić information content (AvgIpc) is 3.23. The molecule has 5 heteroatoms. The fourth-order valence-electron chi connectivity index (χ4n) is 3.73. The highest BCUT2D eigenvalue weighted by molar-refractivity contribution is 5.68. The summed E-state index contributed by atoms with van der Waals surface area (Å²) < 4.78 is 11.4. The summed E-state index contributed by atoms with van der Waals surface area (Å²) in [5.74, 6) is 0.891. The molecule has 1 atom stereocenters. The smallest absolute Gasteiger partial charge is 0.303 e. The van der Waals surface area contributed by atoms with Crippen LogP contribution in [0.4, 0.5) is 0 Å². The van der Waals surface area contributed by atoms with Gasteiger partial charge in [-0.1, -0.05) is 41.6 Å². The van der Waals surface area contributed by atoms with Crippen LogP contribution in [0, 0.1) is 6.92 Å². The summed E-state index contributed by atoms with van der Waals surface area (Å²) in [7, 11) is 0. The molecular formula is C22H21NO4. The van der Waals surface area contributed by atoms with Gasteiger partial charge in [-0.25, -0.2) is 0 Å². The van der Waals surface area contributed by atoms with Crippen LogP contribution in [0.3, 0.4) is 0 Å². The van der Waals surface area contributed by atoms with Gasteiger partial charge >= 0.3 is 5.97 Å². The first-order chi connectivity index (χ1) is 13.1. The molecule has 1 heterocycles. The lowest BCUT2D eigenvalue weighted by Crippen LogP contribution is -2.03. The van der Waals surface area contributed by atoms with Gasteiger partial charge in [0, 0.05) is 5.56 Å². The minimum Gasteiger partial charge on any atom is -0.489 e. The third-order valence-electron chi connectivity index (χ3n) is 5.15. The van der Waals surface area contributed by atoms with Crippen LogP contribution in [0.5, 0.6) is 5.75 Å². The predicted molar refractivity (Wildman–Crippen MR) is 101 cm³/mol. The third-order valence-corrected chi connectivity index (χ3v) is 5.15. The van der Waals surface area contributed by atoms with Gasteiger partial charge in [0.05, 0.1) is 12.0 Å². The summed E-state index contributed by atoms with van der Waals surface area (Å²) in [6.07, 6.45) is 1.97. The van der Waals surface area contributed by atoms with Crippen molar-refractivity contribution in [3.8, 4) is 17.0 Å². The number of nitrogens with zero attached hydrogens (tertiary/aromatic N) is 1. The summed E-state index contributed by atoms with van der Waals surface area (Å²) in [5, 5.41) is 13.2. The second-order valence-corrected chi connectivity index (χ2v) is 6.91. The molecule has 1 aromatic heterocycles. The Bertz CT molecular complexity index is 962. The minimum absolute atomic E-state index is 0.108. The fourth-order valence-corrected chi connectivity index (χ4v) is 3.73. The molecule has 1 aliphatic rings. The fraction of sp³-hybridized carbons (Fsp3) is 0.273. The van der Waals surface area contributed by atoms with Crippen molar-refractivity contribution in [2.75, 3.05) is 0 Å². The van der Waals surface area contributed by atoms with Crippen molar-refractivity contribution >= 4 is 5.97 Å². The van der Waals surface area contributed by atoms with E-state index in [0.29, 0.717) is 6.61 Å². The number of carbonyl (C=O) groups is 1. The van der Waals surface area contributed by atoms with Gasteiger partial charge in [-0.05, 0) is 48.9 Å². The molecule has 0 radical (unpaired) electrons. The summed E-state index contributed by atoms with van der Waals surface area (Å²) >= 11 is 0. The quantitative estimate of drug-likeness (QED) is 0.685. The van der Waals surface area contributed by atoms with Gasteiger partial charge in [0.2, 0.25) is 0 Å². The van der Waals surface area contributed by atoms with E-state index < -0.39 is 5.97 Å². The summed E-state index contributed by atoms with van der Waals surface area (Å²) in [6.45, 7) is 2.26. The van der Waals surface area contributed by atoms with Gasteiger partial charge in [0.1, 0.15) is 23.8 Å². The molecule has 138 valence electrons. The number of ether oxygens (including phenoxy) is 1. The maximum Gasteiger partial charge on any atom is 0.303 e. The highest BCUT2D eigenvalue weighted by Crippen LogP contribution is 2.37. The zero-order chi connectivity index (χ0) is 18.8. The van der Waals surface area contributed by atoms with Gasteiger partial charge in [0.25, 0.3) is 0 Å². The molecule has 0 aliphatic heterocycles. The standard InChI is InChI=1S/C22H21NO4/c1-14-20(22(23-27-14)15-5-3-2-4-6-15)13-26-18-9-10-19-16(11-18)7-8-17(19)12-21(24)25/h2-6,9-11,17H,7-8,12-13H2,1H3,(H,24,25). The van der Waals surface area contributed by atoms with E-state index in [4.69, 9.17) is 14.4 Å². The normalized spacial score (nSPS) is 15.5. The largest absolute Gasteiger partial charge is 0.489 e. The number of carboxylic acid groups (broad SMARTS) is 1. The lowest BCUT2D eigenvalue weighted by Gasteiger charge is -2.11. The zero-order valence-electron chi connectivity index (χ0n) is 15.1. The van der Waals surface area contributed by atoms with Crippen molar-refractivity contribution in [1.29, 1.82) is 0 Å². The monoisotopic (exact) mass is 363 g/mol. The Hall–Kier alpha value is -3.08. The molecule has 0 saturated heterocycles. The highest BCUT2D eigenvalue weighted by Gasteiger charge is 2.25. The Morgan fingerprint density at radius 1 is 1.26 bits per heavy atom. The third kappa shape index (κ3) is 3.58. The van der Waals surface area contributed by atoms with E-state index >= 15 is 0 Å². The Kier molecular flexibility index (Phi) is 4.67. The molecule has 4 rings (SSSR count). The first-order valence-corrected chi connectivity index (χ1v) is 9.10. The SMILES string of the molecule is Cc1onc(-c2ccccc2)c1COc1ccc2c(c1)CCC2CC(=O)O. The number of fused-ring (bicyclic) bond motifs is 1.